The smallest absolute Gasteiger partial charge is 0.240 e. The van der Waals surface area contributed by atoms with Gasteiger partial charge in [-0.2, -0.15) is 5.10 Å². The van der Waals surface area contributed by atoms with Gasteiger partial charge in [-0.25, -0.2) is 10.4 Å². The number of nitrogens with zero attached hydrogens (tertiary/aromatic N) is 3. The zero-order valence-corrected chi connectivity index (χ0v) is 23.5. The standard InChI is InChI=1S/C31H42N4O2/c1-8-30(4,5)25-14-17-28(27(21-25)31(6,7)9-2)37-20-10-11-29(36)34-33-23(3)24-12-15-26(16-13-24)35-19-18-32-22-35/h12-19,21-22H,8-11,20H2,1-7H3,(H,34,36)/b33-23+. The van der Waals surface area contributed by atoms with Gasteiger partial charge < -0.3 is 9.30 Å². The van der Waals surface area contributed by atoms with Crippen LogP contribution in [-0.4, -0.2) is 27.8 Å². The van der Waals surface area contributed by atoms with Gasteiger partial charge in [0, 0.05) is 30.1 Å². The Morgan fingerprint density at radius 2 is 1.73 bits per heavy atom. The van der Waals surface area contributed by atoms with Crippen LogP contribution in [0.3, 0.4) is 0 Å². The number of carbonyl (C=O) groups excluding carboxylic acids is 1. The molecule has 37 heavy (non-hydrogen) atoms. The number of aromatic nitrogens is 2. The maximum absolute atomic E-state index is 12.4. The van der Waals surface area contributed by atoms with Crippen molar-refractivity contribution >= 4 is 11.6 Å². The minimum absolute atomic E-state index is 0.00967. The lowest BCUT2D eigenvalue weighted by molar-refractivity contribution is -0.121. The number of benzene rings is 2. The van der Waals surface area contributed by atoms with Crippen molar-refractivity contribution in [2.45, 2.75) is 85.0 Å². The van der Waals surface area contributed by atoms with Gasteiger partial charge in [0.25, 0.3) is 0 Å². The monoisotopic (exact) mass is 502 g/mol. The lowest BCUT2D eigenvalue weighted by atomic mass is 9.76. The largest absolute Gasteiger partial charge is 0.493 e. The first-order valence-corrected chi connectivity index (χ1v) is 13.3. The van der Waals surface area contributed by atoms with Crippen LogP contribution in [-0.2, 0) is 15.6 Å². The third-order valence-electron chi connectivity index (χ3n) is 7.50. The molecule has 3 rings (SSSR count). The summed E-state index contributed by atoms with van der Waals surface area (Å²) < 4.78 is 8.13. The molecular weight excluding hydrogens is 460 g/mol. The predicted molar refractivity (Wildman–Crippen MR) is 152 cm³/mol. The molecule has 0 saturated carbocycles. The van der Waals surface area contributed by atoms with Crippen molar-refractivity contribution < 1.29 is 9.53 Å². The first-order valence-electron chi connectivity index (χ1n) is 13.3. The van der Waals surface area contributed by atoms with Gasteiger partial charge in [0.2, 0.25) is 5.91 Å². The Morgan fingerprint density at radius 1 is 1.03 bits per heavy atom. The van der Waals surface area contributed by atoms with E-state index in [9.17, 15) is 4.79 Å². The van der Waals surface area contributed by atoms with Crippen molar-refractivity contribution in [1.82, 2.24) is 15.0 Å². The number of carbonyl (C=O) groups is 1. The molecule has 0 radical (unpaired) electrons. The zero-order valence-electron chi connectivity index (χ0n) is 23.5. The van der Waals surface area contributed by atoms with Gasteiger partial charge in [-0.3, -0.25) is 4.79 Å². The van der Waals surface area contributed by atoms with Crippen molar-refractivity contribution in [3.05, 3.63) is 77.9 Å². The number of imidazole rings is 1. The van der Waals surface area contributed by atoms with Gasteiger partial charge in [-0.1, -0.05) is 65.8 Å². The fourth-order valence-electron chi connectivity index (χ4n) is 3.97. The summed E-state index contributed by atoms with van der Waals surface area (Å²) >= 11 is 0. The molecule has 6 nitrogen and oxygen atoms in total. The van der Waals surface area contributed by atoms with Crippen molar-refractivity contribution in [2.24, 2.45) is 5.10 Å². The Balaban J connectivity index is 1.53. The van der Waals surface area contributed by atoms with E-state index in [4.69, 9.17) is 4.74 Å². The average Bonchev–Trinajstić information content (AvgIpc) is 3.45. The molecule has 1 N–H and O–H groups in total. The van der Waals surface area contributed by atoms with Crippen LogP contribution in [0.4, 0.5) is 0 Å². The van der Waals surface area contributed by atoms with E-state index in [1.165, 1.54) is 11.1 Å². The highest BCUT2D eigenvalue weighted by molar-refractivity contribution is 5.99. The number of nitrogens with one attached hydrogen (secondary N) is 1. The van der Waals surface area contributed by atoms with Crippen molar-refractivity contribution in [2.75, 3.05) is 6.61 Å². The summed E-state index contributed by atoms with van der Waals surface area (Å²) in [6.07, 6.45) is 8.47. The van der Waals surface area contributed by atoms with Crippen molar-refractivity contribution in [3.8, 4) is 11.4 Å². The number of hydrazone groups is 1. The maximum atomic E-state index is 12.4. The van der Waals surface area contributed by atoms with Crippen LogP contribution in [0.2, 0.25) is 0 Å². The fourth-order valence-corrected chi connectivity index (χ4v) is 3.97. The van der Waals surface area contributed by atoms with Crippen LogP contribution in [0, 0.1) is 0 Å². The van der Waals surface area contributed by atoms with Crippen LogP contribution in [0.25, 0.3) is 5.69 Å². The quantitative estimate of drug-likeness (QED) is 0.166. The highest BCUT2D eigenvalue weighted by Crippen LogP contribution is 2.38. The predicted octanol–water partition coefficient (Wildman–Crippen LogP) is 6.95. The van der Waals surface area contributed by atoms with Crippen LogP contribution in [0.5, 0.6) is 5.75 Å². The second-order valence-electron chi connectivity index (χ2n) is 10.9. The molecule has 0 atom stereocenters. The van der Waals surface area contributed by atoms with Gasteiger partial charge in [0.05, 0.1) is 18.6 Å². The Bertz CT molecular complexity index is 1190. The summed E-state index contributed by atoms with van der Waals surface area (Å²) in [5.41, 5.74) is 8.10. The highest BCUT2D eigenvalue weighted by atomic mass is 16.5. The molecule has 1 aromatic heterocycles. The zero-order chi connectivity index (χ0) is 27.1. The van der Waals surface area contributed by atoms with E-state index in [2.05, 4.69) is 75.3 Å². The second kappa shape index (κ2) is 12.2. The highest BCUT2D eigenvalue weighted by Gasteiger charge is 2.26. The second-order valence-corrected chi connectivity index (χ2v) is 10.9. The Kier molecular flexibility index (Phi) is 9.30. The Hall–Kier alpha value is -3.41. The molecule has 6 heteroatoms. The van der Waals surface area contributed by atoms with Crippen LogP contribution >= 0.6 is 0 Å². The van der Waals surface area contributed by atoms with Crippen LogP contribution < -0.4 is 10.2 Å². The molecule has 2 aromatic carbocycles. The van der Waals surface area contributed by atoms with Crippen molar-refractivity contribution in [1.29, 1.82) is 0 Å². The molecule has 0 saturated heterocycles. The van der Waals surface area contributed by atoms with Gasteiger partial charge >= 0.3 is 0 Å². The molecule has 0 aliphatic carbocycles. The molecule has 3 aromatic rings. The van der Waals surface area contributed by atoms with Crippen LogP contribution in [0.15, 0.2) is 66.3 Å². The number of hydrogen-bond acceptors (Lipinski definition) is 4. The molecule has 198 valence electrons. The van der Waals surface area contributed by atoms with E-state index in [0.717, 1.165) is 35.6 Å². The molecule has 0 fully saturated rings. The molecule has 0 aliphatic rings. The fraction of sp³-hybridized carbons (Fsp3) is 0.452. The molecule has 0 unspecified atom stereocenters. The first kappa shape index (κ1) is 28.2. The summed E-state index contributed by atoms with van der Waals surface area (Å²) in [5, 5.41) is 4.28. The normalized spacial score (nSPS) is 12.5. The first-order chi connectivity index (χ1) is 17.6. The summed E-state index contributed by atoms with van der Waals surface area (Å²) in [5.74, 6) is 0.794. The molecule has 1 heterocycles. The van der Waals surface area contributed by atoms with E-state index in [1.807, 2.05) is 42.0 Å². The number of hydrogen-bond donors (Lipinski definition) is 1. The SMILES string of the molecule is CCC(C)(C)c1ccc(OCCCC(=O)N/N=C(\C)c2ccc(-n3ccnc3)cc2)c(C(C)(C)CC)c1. The van der Waals surface area contributed by atoms with Gasteiger partial charge in [0.1, 0.15) is 5.75 Å². The van der Waals surface area contributed by atoms with E-state index in [0.29, 0.717) is 19.4 Å². The van der Waals surface area contributed by atoms with E-state index < -0.39 is 0 Å². The molecule has 0 aliphatic heterocycles. The summed E-state index contributed by atoms with van der Waals surface area (Å²) in [7, 11) is 0. The Morgan fingerprint density at radius 3 is 2.35 bits per heavy atom. The maximum Gasteiger partial charge on any atom is 0.240 e. The number of ether oxygens (including phenoxy) is 1. The number of rotatable bonds is 12. The lowest BCUT2D eigenvalue weighted by Crippen LogP contribution is -2.22. The molecule has 1 amide bonds. The topological polar surface area (TPSA) is 68.5 Å². The third kappa shape index (κ3) is 7.31. The third-order valence-corrected chi connectivity index (χ3v) is 7.50. The van der Waals surface area contributed by atoms with Gasteiger partial charge in [0.15, 0.2) is 0 Å². The summed E-state index contributed by atoms with van der Waals surface area (Å²) in [6.45, 7) is 15.9. The van der Waals surface area contributed by atoms with Gasteiger partial charge in [-0.15, -0.1) is 0 Å². The van der Waals surface area contributed by atoms with Gasteiger partial charge in [-0.05, 0) is 66.3 Å². The summed E-state index contributed by atoms with van der Waals surface area (Å²) in [6, 6.07) is 14.6. The minimum atomic E-state index is -0.118. The lowest BCUT2D eigenvalue weighted by Gasteiger charge is -2.30. The molecular formula is C31H42N4O2. The number of amides is 1. The summed E-state index contributed by atoms with van der Waals surface area (Å²) in [4.78, 5) is 16.4. The van der Waals surface area contributed by atoms with E-state index in [-0.39, 0.29) is 16.7 Å². The van der Waals surface area contributed by atoms with E-state index >= 15 is 0 Å². The van der Waals surface area contributed by atoms with Crippen molar-refractivity contribution in [3.63, 3.8) is 0 Å². The van der Waals surface area contributed by atoms with E-state index in [1.54, 1.807) is 12.5 Å². The molecule has 0 bridgehead atoms. The average molecular weight is 503 g/mol. The minimum Gasteiger partial charge on any atom is -0.493 e. The van der Waals surface area contributed by atoms with Crippen LogP contribution in [0.1, 0.15) is 90.8 Å². The Labute approximate surface area is 222 Å². The molecule has 0 spiro atoms.